The van der Waals surface area contributed by atoms with Crippen LogP contribution in [0.2, 0.25) is 0 Å². The van der Waals surface area contributed by atoms with Crippen LogP contribution >= 0.6 is 0 Å². The SMILES string of the molecule is CCCCCC(C)CCCc1ccccc1C#Cc1ccc(C#N)cc1. The first-order valence-electron chi connectivity index (χ1n) is 9.83. The predicted molar refractivity (Wildman–Crippen MR) is 110 cm³/mol. The predicted octanol–water partition coefficient (Wildman–Crippen LogP) is 6.50. The third-order valence-corrected chi connectivity index (χ3v) is 4.82. The van der Waals surface area contributed by atoms with E-state index in [4.69, 9.17) is 5.26 Å². The van der Waals surface area contributed by atoms with E-state index in [0.29, 0.717) is 5.56 Å². The van der Waals surface area contributed by atoms with Crippen molar-refractivity contribution in [2.24, 2.45) is 5.92 Å². The Labute approximate surface area is 159 Å². The van der Waals surface area contributed by atoms with Crippen LogP contribution in [0.25, 0.3) is 0 Å². The summed E-state index contributed by atoms with van der Waals surface area (Å²) in [6, 6.07) is 18.1. The quantitative estimate of drug-likeness (QED) is 0.396. The molecule has 0 aliphatic heterocycles. The molecule has 0 saturated carbocycles. The lowest BCUT2D eigenvalue weighted by atomic mass is 9.94. The van der Waals surface area contributed by atoms with E-state index in [1.54, 1.807) is 0 Å². The average Bonchev–Trinajstić information content (AvgIpc) is 2.68. The lowest BCUT2D eigenvalue weighted by Crippen LogP contribution is -1.97. The number of nitrogens with zero attached hydrogens (tertiary/aromatic N) is 1. The van der Waals surface area contributed by atoms with Gasteiger partial charge in [0.1, 0.15) is 0 Å². The van der Waals surface area contributed by atoms with Crippen molar-refractivity contribution in [2.75, 3.05) is 0 Å². The van der Waals surface area contributed by atoms with E-state index >= 15 is 0 Å². The lowest BCUT2D eigenvalue weighted by molar-refractivity contribution is 0.450. The van der Waals surface area contributed by atoms with Crippen molar-refractivity contribution >= 4 is 0 Å². The number of hydrogen-bond donors (Lipinski definition) is 0. The van der Waals surface area contributed by atoms with Gasteiger partial charge in [0, 0.05) is 11.1 Å². The third kappa shape index (κ3) is 6.78. The summed E-state index contributed by atoms with van der Waals surface area (Å²) < 4.78 is 0. The van der Waals surface area contributed by atoms with E-state index in [1.807, 2.05) is 24.3 Å². The molecule has 1 nitrogen and oxygen atoms in total. The van der Waals surface area contributed by atoms with Crippen molar-refractivity contribution in [3.05, 3.63) is 70.8 Å². The number of nitriles is 1. The second-order valence-electron chi connectivity index (χ2n) is 7.09. The highest BCUT2D eigenvalue weighted by atomic mass is 14.2. The summed E-state index contributed by atoms with van der Waals surface area (Å²) in [6.45, 7) is 4.65. The number of benzene rings is 2. The molecule has 0 N–H and O–H groups in total. The maximum absolute atomic E-state index is 8.87. The van der Waals surface area contributed by atoms with E-state index in [-0.39, 0.29) is 0 Å². The summed E-state index contributed by atoms with van der Waals surface area (Å²) in [5.41, 5.74) is 4.08. The molecular formula is C25H29N. The van der Waals surface area contributed by atoms with Crippen LogP contribution in [-0.4, -0.2) is 0 Å². The summed E-state index contributed by atoms with van der Waals surface area (Å²) >= 11 is 0. The van der Waals surface area contributed by atoms with Crippen LogP contribution in [0.4, 0.5) is 0 Å². The van der Waals surface area contributed by atoms with E-state index < -0.39 is 0 Å². The van der Waals surface area contributed by atoms with Crippen LogP contribution in [0.15, 0.2) is 48.5 Å². The summed E-state index contributed by atoms with van der Waals surface area (Å²) in [4.78, 5) is 0. The van der Waals surface area contributed by atoms with Gasteiger partial charge in [-0.3, -0.25) is 0 Å². The van der Waals surface area contributed by atoms with Gasteiger partial charge in [-0.2, -0.15) is 5.26 Å². The zero-order valence-electron chi connectivity index (χ0n) is 16.1. The summed E-state index contributed by atoms with van der Waals surface area (Å²) in [5, 5.41) is 8.87. The second-order valence-corrected chi connectivity index (χ2v) is 7.09. The van der Waals surface area contributed by atoms with Crippen LogP contribution in [0.3, 0.4) is 0 Å². The Morgan fingerprint density at radius 2 is 1.54 bits per heavy atom. The first-order chi connectivity index (χ1) is 12.7. The van der Waals surface area contributed by atoms with Gasteiger partial charge in [-0.15, -0.1) is 0 Å². The Bertz CT molecular complexity index is 768. The van der Waals surface area contributed by atoms with Gasteiger partial charge in [0.15, 0.2) is 0 Å². The number of unbranched alkanes of at least 4 members (excludes halogenated alkanes) is 2. The van der Waals surface area contributed by atoms with Crippen LogP contribution in [0.5, 0.6) is 0 Å². The Hall–Kier alpha value is -2.51. The van der Waals surface area contributed by atoms with Gasteiger partial charge in [0.2, 0.25) is 0 Å². The Morgan fingerprint density at radius 3 is 2.27 bits per heavy atom. The van der Waals surface area contributed by atoms with Gasteiger partial charge in [-0.05, 0) is 54.7 Å². The zero-order chi connectivity index (χ0) is 18.6. The molecule has 1 unspecified atom stereocenters. The molecule has 1 heteroatoms. The minimum atomic E-state index is 0.670. The van der Waals surface area contributed by atoms with E-state index in [9.17, 15) is 0 Å². The number of aryl methyl sites for hydroxylation is 1. The van der Waals surface area contributed by atoms with Gasteiger partial charge >= 0.3 is 0 Å². The summed E-state index contributed by atoms with van der Waals surface area (Å²) in [6.07, 6.45) is 8.99. The molecule has 0 heterocycles. The van der Waals surface area contributed by atoms with Gasteiger partial charge in [0.25, 0.3) is 0 Å². The minimum Gasteiger partial charge on any atom is -0.192 e. The van der Waals surface area contributed by atoms with Crippen LogP contribution in [0, 0.1) is 29.1 Å². The molecule has 2 aromatic carbocycles. The fourth-order valence-electron chi connectivity index (χ4n) is 3.16. The highest BCUT2D eigenvalue weighted by Crippen LogP contribution is 2.18. The van der Waals surface area contributed by atoms with Crippen LogP contribution < -0.4 is 0 Å². The van der Waals surface area contributed by atoms with Gasteiger partial charge in [-0.1, -0.05) is 76.0 Å². The molecule has 0 amide bonds. The van der Waals surface area contributed by atoms with E-state index in [1.165, 1.54) is 44.1 Å². The second kappa shape index (κ2) is 11.2. The van der Waals surface area contributed by atoms with Crippen LogP contribution in [-0.2, 0) is 6.42 Å². The van der Waals surface area contributed by atoms with Crippen molar-refractivity contribution in [3.63, 3.8) is 0 Å². The lowest BCUT2D eigenvalue weighted by Gasteiger charge is -2.11. The highest BCUT2D eigenvalue weighted by Gasteiger charge is 2.04. The van der Waals surface area contributed by atoms with Gasteiger partial charge in [0.05, 0.1) is 11.6 Å². The highest BCUT2D eigenvalue weighted by molar-refractivity contribution is 5.47. The molecule has 2 rings (SSSR count). The van der Waals surface area contributed by atoms with Crippen molar-refractivity contribution in [1.82, 2.24) is 0 Å². The molecule has 0 saturated heterocycles. The Balaban J connectivity index is 1.93. The Morgan fingerprint density at radius 1 is 0.846 bits per heavy atom. The van der Waals surface area contributed by atoms with Crippen molar-refractivity contribution in [2.45, 2.75) is 58.8 Å². The van der Waals surface area contributed by atoms with E-state index in [2.05, 4.69) is 56.0 Å². The molecular weight excluding hydrogens is 314 g/mol. The molecule has 1 atom stereocenters. The fourth-order valence-corrected chi connectivity index (χ4v) is 3.16. The maximum Gasteiger partial charge on any atom is 0.0991 e. The monoisotopic (exact) mass is 343 g/mol. The maximum atomic E-state index is 8.87. The molecule has 26 heavy (non-hydrogen) atoms. The summed E-state index contributed by atoms with van der Waals surface area (Å²) in [5.74, 6) is 7.36. The fraction of sp³-hybridized carbons (Fsp3) is 0.400. The number of hydrogen-bond acceptors (Lipinski definition) is 1. The first-order valence-corrected chi connectivity index (χ1v) is 9.83. The van der Waals surface area contributed by atoms with Crippen LogP contribution in [0.1, 0.15) is 74.6 Å². The zero-order valence-corrected chi connectivity index (χ0v) is 16.1. The van der Waals surface area contributed by atoms with Crippen molar-refractivity contribution < 1.29 is 0 Å². The van der Waals surface area contributed by atoms with Crippen molar-refractivity contribution in [3.8, 4) is 17.9 Å². The summed E-state index contributed by atoms with van der Waals surface area (Å²) in [7, 11) is 0. The van der Waals surface area contributed by atoms with Gasteiger partial charge in [-0.25, -0.2) is 0 Å². The first kappa shape index (κ1) is 19.8. The Kier molecular flexibility index (Phi) is 8.51. The molecule has 134 valence electrons. The normalized spacial score (nSPS) is 11.3. The molecule has 0 aromatic heterocycles. The standard InChI is InChI=1S/C25H29N/c1-3-4-5-9-21(2)10-8-13-24-11-6-7-12-25(24)19-18-22-14-16-23(20-26)17-15-22/h6-7,11-12,14-17,21H,3-5,8-10,13H2,1-2H3. The molecule has 0 radical (unpaired) electrons. The largest absolute Gasteiger partial charge is 0.192 e. The topological polar surface area (TPSA) is 23.8 Å². The minimum absolute atomic E-state index is 0.670. The number of rotatable bonds is 8. The molecule has 2 aromatic rings. The smallest absolute Gasteiger partial charge is 0.0991 e. The van der Waals surface area contributed by atoms with E-state index in [0.717, 1.165) is 23.5 Å². The molecule has 0 aliphatic rings. The van der Waals surface area contributed by atoms with Gasteiger partial charge < -0.3 is 0 Å². The molecule has 0 aliphatic carbocycles. The molecule has 0 fully saturated rings. The molecule has 0 spiro atoms. The molecule has 0 bridgehead atoms. The third-order valence-electron chi connectivity index (χ3n) is 4.82. The van der Waals surface area contributed by atoms with Crippen molar-refractivity contribution in [1.29, 1.82) is 5.26 Å². The average molecular weight is 344 g/mol.